The van der Waals surface area contributed by atoms with Gasteiger partial charge in [0, 0.05) is 5.69 Å². The molecule has 0 unspecified atom stereocenters. The molecule has 2 N–H and O–H groups in total. The van der Waals surface area contributed by atoms with Crippen LogP contribution in [0.1, 0.15) is 19.4 Å². The Bertz CT molecular complexity index is 730. The maximum atomic E-state index is 12.9. The second kappa shape index (κ2) is 7.92. The third-order valence-corrected chi connectivity index (χ3v) is 3.20. The van der Waals surface area contributed by atoms with E-state index in [1.807, 2.05) is 13.8 Å². The van der Waals surface area contributed by atoms with E-state index in [1.165, 1.54) is 18.2 Å². The van der Waals surface area contributed by atoms with E-state index in [0.29, 0.717) is 11.4 Å². The number of hydrogen-bond donors (Lipinski definition) is 2. The molecular weight excluding hydrogens is 333 g/mol. The minimum absolute atomic E-state index is 0.0742. The van der Waals surface area contributed by atoms with Crippen LogP contribution in [0.25, 0.3) is 0 Å². The van der Waals surface area contributed by atoms with Crippen LogP contribution in [0.2, 0.25) is 0 Å². The number of carbonyl (C=O) groups excluding carboxylic acids is 1. The van der Waals surface area contributed by atoms with Gasteiger partial charge in [-0.1, -0.05) is 24.3 Å². The van der Waals surface area contributed by atoms with E-state index >= 15 is 0 Å². The Morgan fingerprint density at radius 2 is 1.64 bits per heavy atom. The summed E-state index contributed by atoms with van der Waals surface area (Å²) < 4.78 is 44.4. The molecule has 0 radical (unpaired) electrons. The molecule has 2 aromatic rings. The smallest absolute Gasteiger partial charge is 0.418 e. The fraction of sp³-hybridized carbons (Fsp3) is 0.278. The molecule has 0 fully saturated rings. The van der Waals surface area contributed by atoms with Crippen molar-refractivity contribution in [3.05, 3.63) is 54.1 Å². The van der Waals surface area contributed by atoms with Crippen LogP contribution >= 0.6 is 0 Å². The number of halogens is 3. The van der Waals surface area contributed by atoms with Gasteiger partial charge in [0.1, 0.15) is 5.75 Å². The van der Waals surface area contributed by atoms with Crippen LogP contribution in [0.5, 0.6) is 5.75 Å². The van der Waals surface area contributed by atoms with Gasteiger partial charge in [-0.05, 0) is 38.1 Å². The number of rotatable bonds is 6. The van der Waals surface area contributed by atoms with Crippen molar-refractivity contribution >= 4 is 17.3 Å². The summed E-state index contributed by atoms with van der Waals surface area (Å²) in [6.45, 7) is 3.41. The van der Waals surface area contributed by atoms with E-state index in [-0.39, 0.29) is 18.3 Å². The van der Waals surface area contributed by atoms with Crippen LogP contribution in [-0.4, -0.2) is 18.6 Å². The molecule has 0 aliphatic heterocycles. The predicted molar refractivity (Wildman–Crippen MR) is 90.8 cm³/mol. The van der Waals surface area contributed by atoms with Crippen molar-refractivity contribution in [2.45, 2.75) is 26.1 Å². The van der Waals surface area contributed by atoms with E-state index in [2.05, 4.69) is 10.6 Å². The number of hydrogen-bond acceptors (Lipinski definition) is 3. The second-order valence-electron chi connectivity index (χ2n) is 5.61. The molecule has 0 saturated heterocycles. The first kappa shape index (κ1) is 18.6. The Hall–Kier alpha value is -2.70. The van der Waals surface area contributed by atoms with Gasteiger partial charge >= 0.3 is 6.18 Å². The van der Waals surface area contributed by atoms with E-state index in [1.54, 1.807) is 24.3 Å². The highest BCUT2D eigenvalue weighted by molar-refractivity contribution is 5.95. The Morgan fingerprint density at radius 3 is 2.28 bits per heavy atom. The first-order valence-corrected chi connectivity index (χ1v) is 7.73. The van der Waals surface area contributed by atoms with Gasteiger partial charge in [0.2, 0.25) is 5.91 Å². The Kier molecular flexibility index (Phi) is 5.90. The number of amides is 1. The molecule has 0 heterocycles. The molecule has 4 nitrogen and oxygen atoms in total. The molecule has 134 valence electrons. The summed E-state index contributed by atoms with van der Waals surface area (Å²) in [5, 5.41) is 5.16. The standard InChI is InChI=1S/C18H19F3N2O2/c1-12(2)25-16-10-6-5-9-15(16)23-17(24)11-22-14-8-4-3-7-13(14)18(19,20)21/h3-10,12,22H,11H2,1-2H3,(H,23,24). The van der Waals surface area contributed by atoms with E-state index in [9.17, 15) is 18.0 Å². The summed E-state index contributed by atoms with van der Waals surface area (Å²) >= 11 is 0. The fourth-order valence-electron chi connectivity index (χ4n) is 2.18. The highest BCUT2D eigenvalue weighted by Crippen LogP contribution is 2.34. The topological polar surface area (TPSA) is 50.4 Å². The first-order valence-electron chi connectivity index (χ1n) is 7.73. The number of nitrogens with one attached hydrogen (secondary N) is 2. The highest BCUT2D eigenvalue weighted by Gasteiger charge is 2.33. The Balaban J connectivity index is 2.03. The molecule has 2 rings (SSSR count). The Labute approximate surface area is 144 Å². The average Bonchev–Trinajstić information content (AvgIpc) is 2.54. The zero-order valence-electron chi connectivity index (χ0n) is 13.9. The first-order chi connectivity index (χ1) is 11.8. The van der Waals surface area contributed by atoms with Gasteiger partial charge in [0.25, 0.3) is 0 Å². The number of para-hydroxylation sites is 3. The molecule has 25 heavy (non-hydrogen) atoms. The van der Waals surface area contributed by atoms with E-state index in [0.717, 1.165) is 6.07 Å². The summed E-state index contributed by atoms with van der Waals surface area (Å²) in [4.78, 5) is 12.1. The summed E-state index contributed by atoms with van der Waals surface area (Å²) in [6.07, 6.45) is -4.56. The normalized spacial score (nSPS) is 11.3. The summed E-state index contributed by atoms with van der Waals surface area (Å²) in [5.41, 5.74) is -0.490. The average molecular weight is 352 g/mol. The lowest BCUT2D eigenvalue weighted by Gasteiger charge is -2.16. The predicted octanol–water partition coefficient (Wildman–Crippen LogP) is 4.54. The van der Waals surface area contributed by atoms with Crippen molar-refractivity contribution < 1.29 is 22.7 Å². The van der Waals surface area contributed by atoms with Gasteiger partial charge in [-0.2, -0.15) is 13.2 Å². The van der Waals surface area contributed by atoms with Crippen molar-refractivity contribution in [2.75, 3.05) is 17.2 Å². The maximum absolute atomic E-state index is 12.9. The third kappa shape index (κ3) is 5.41. The quantitative estimate of drug-likeness (QED) is 0.802. The monoisotopic (exact) mass is 352 g/mol. The molecule has 0 aliphatic rings. The number of ether oxygens (including phenoxy) is 1. The molecule has 2 aromatic carbocycles. The molecule has 0 aliphatic carbocycles. The van der Waals surface area contributed by atoms with Crippen molar-refractivity contribution in [1.82, 2.24) is 0 Å². The number of benzene rings is 2. The zero-order valence-corrected chi connectivity index (χ0v) is 13.9. The van der Waals surface area contributed by atoms with Crippen molar-refractivity contribution in [2.24, 2.45) is 0 Å². The third-order valence-electron chi connectivity index (χ3n) is 3.20. The largest absolute Gasteiger partial charge is 0.489 e. The SMILES string of the molecule is CC(C)Oc1ccccc1NC(=O)CNc1ccccc1C(F)(F)F. The number of anilines is 2. The summed E-state index contributed by atoms with van der Waals surface area (Å²) in [5.74, 6) is 0.0262. The number of alkyl halides is 3. The minimum atomic E-state index is -4.49. The van der Waals surface area contributed by atoms with Gasteiger partial charge in [-0.25, -0.2) is 0 Å². The molecule has 0 aromatic heterocycles. The lowest BCUT2D eigenvalue weighted by atomic mass is 10.1. The van der Waals surface area contributed by atoms with E-state index < -0.39 is 17.6 Å². The maximum Gasteiger partial charge on any atom is 0.418 e. The highest BCUT2D eigenvalue weighted by atomic mass is 19.4. The Morgan fingerprint density at radius 1 is 1.04 bits per heavy atom. The molecule has 0 spiro atoms. The van der Waals surface area contributed by atoms with Crippen molar-refractivity contribution in [3.63, 3.8) is 0 Å². The molecule has 7 heteroatoms. The van der Waals surface area contributed by atoms with Crippen LogP contribution in [-0.2, 0) is 11.0 Å². The summed E-state index contributed by atoms with van der Waals surface area (Å²) in [7, 11) is 0. The lowest BCUT2D eigenvalue weighted by Crippen LogP contribution is -2.23. The van der Waals surface area contributed by atoms with Crippen LogP contribution in [0.3, 0.4) is 0 Å². The fourth-order valence-corrected chi connectivity index (χ4v) is 2.18. The van der Waals surface area contributed by atoms with Crippen molar-refractivity contribution in [3.8, 4) is 5.75 Å². The molecule has 0 bridgehead atoms. The van der Waals surface area contributed by atoms with Crippen molar-refractivity contribution in [1.29, 1.82) is 0 Å². The second-order valence-corrected chi connectivity index (χ2v) is 5.61. The van der Waals surface area contributed by atoms with Gasteiger partial charge in [0.15, 0.2) is 0 Å². The summed E-state index contributed by atoms with van der Waals surface area (Å²) in [6, 6.07) is 11.9. The molecular formula is C18H19F3N2O2. The van der Waals surface area contributed by atoms with Crippen LogP contribution in [0.4, 0.5) is 24.5 Å². The van der Waals surface area contributed by atoms with Crippen LogP contribution < -0.4 is 15.4 Å². The van der Waals surface area contributed by atoms with Crippen LogP contribution in [0, 0.1) is 0 Å². The molecule has 0 atom stereocenters. The zero-order chi connectivity index (χ0) is 18.4. The van der Waals surface area contributed by atoms with Gasteiger partial charge in [-0.15, -0.1) is 0 Å². The minimum Gasteiger partial charge on any atom is -0.489 e. The number of carbonyl (C=O) groups is 1. The van der Waals surface area contributed by atoms with Gasteiger partial charge in [0.05, 0.1) is 23.9 Å². The van der Waals surface area contributed by atoms with Gasteiger partial charge < -0.3 is 15.4 Å². The van der Waals surface area contributed by atoms with E-state index in [4.69, 9.17) is 4.74 Å². The molecule has 1 amide bonds. The van der Waals surface area contributed by atoms with Gasteiger partial charge in [-0.3, -0.25) is 4.79 Å². The van der Waals surface area contributed by atoms with Crippen LogP contribution in [0.15, 0.2) is 48.5 Å². The lowest BCUT2D eigenvalue weighted by molar-refractivity contribution is -0.137. The molecule has 0 saturated carbocycles.